The summed E-state index contributed by atoms with van der Waals surface area (Å²) in [5.74, 6) is 2.55. The van der Waals surface area contributed by atoms with Gasteiger partial charge in [0, 0.05) is 23.4 Å². The number of ether oxygens (including phenoxy) is 2. The molecule has 1 heterocycles. The van der Waals surface area contributed by atoms with Crippen LogP contribution in [0.2, 0.25) is 0 Å². The van der Waals surface area contributed by atoms with Gasteiger partial charge in [0.2, 0.25) is 0 Å². The molecule has 2 fully saturated rings. The summed E-state index contributed by atoms with van der Waals surface area (Å²) in [5.41, 5.74) is 2.61. The van der Waals surface area contributed by atoms with E-state index in [0.29, 0.717) is 12.3 Å². The van der Waals surface area contributed by atoms with Crippen molar-refractivity contribution in [3.63, 3.8) is 0 Å². The lowest BCUT2D eigenvalue weighted by molar-refractivity contribution is -0.116. The van der Waals surface area contributed by atoms with E-state index in [1.54, 1.807) is 20.3 Å². The van der Waals surface area contributed by atoms with Gasteiger partial charge in [0.05, 0.1) is 14.2 Å². The largest absolute Gasteiger partial charge is 0.493 e. The van der Waals surface area contributed by atoms with E-state index in [0.717, 1.165) is 30.9 Å². The number of carbonyl (C=O) groups is 1. The first-order valence-corrected chi connectivity index (χ1v) is 8.85. The third-order valence-corrected chi connectivity index (χ3v) is 5.80. The first-order valence-electron chi connectivity index (χ1n) is 8.85. The Bertz CT molecular complexity index is 692. The zero-order chi connectivity index (χ0) is 16.7. The summed E-state index contributed by atoms with van der Waals surface area (Å²) in [7, 11) is 3.42. The van der Waals surface area contributed by atoms with Gasteiger partial charge in [-0.05, 0) is 55.9 Å². The number of hydrogen-bond acceptors (Lipinski definition) is 4. The SMILES string of the molecule is COc1cc(C[C@@]23C=CC(=O)C[C@@H]2NCC3)cc(C2CC2)c1OC. The van der Waals surface area contributed by atoms with Gasteiger partial charge >= 0.3 is 0 Å². The van der Waals surface area contributed by atoms with E-state index in [-0.39, 0.29) is 17.2 Å². The average molecular weight is 327 g/mol. The minimum absolute atomic E-state index is 0.0499. The second kappa shape index (κ2) is 5.92. The van der Waals surface area contributed by atoms with Gasteiger partial charge < -0.3 is 14.8 Å². The second-order valence-electron chi connectivity index (χ2n) is 7.37. The number of nitrogens with one attached hydrogen (secondary N) is 1. The average Bonchev–Trinajstić information content (AvgIpc) is 3.35. The van der Waals surface area contributed by atoms with Gasteiger partial charge in [0.15, 0.2) is 17.3 Å². The molecule has 0 unspecified atom stereocenters. The summed E-state index contributed by atoms with van der Waals surface area (Å²) >= 11 is 0. The van der Waals surface area contributed by atoms with Crippen LogP contribution in [-0.4, -0.2) is 32.6 Å². The molecular weight excluding hydrogens is 302 g/mol. The minimum Gasteiger partial charge on any atom is -0.493 e. The van der Waals surface area contributed by atoms with Crippen LogP contribution in [0.3, 0.4) is 0 Å². The summed E-state index contributed by atoms with van der Waals surface area (Å²) in [6, 6.07) is 4.67. The molecule has 2 atom stereocenters. The number of rotatable bonds is 5. The Balaban J connectivity index is 1.70. The Labute approximate surface area is 143 Å². The zero-order valence-corrected chi connectivity index (χ0v) is 14.4. The number of allylic oxidation sites excluding steroid dienone is 1. The molecule has 4 nitrogen and oxygen atoms in total. The first kappa shape index (κ1) is 15.7. The van der Waals surface area contributed by atoms with Crippen molar-refractivity contribution in [3.8, 4) is 11.5 Å². The van der Waals surface area contributed by atoms with Gasteiger partial charge in [0.1, 0.15) is 0 Å². The van der Waals surface area contributed by atoms with Crippen molar-refractivity contribution < 1.29 is 14.3 Å². The standard InChI is InChI=1S/C20H25NO3/c1-23-17-10-13(9-16(14-3-4-14)19(17)24-2)12-20-6-5-15(22)11-18(20)21-8-7-20/h5-6,9-10,14,18,21H,3-4,7-8,11-12H2,1-2H3/t18-,20-/m0/s1. The van der Waals surface area contributed by atoms with Crippen molar-refractivity contribution in [2.45, 2.75) is 44.1 Å². The molecule has 1 aromatic rings. The fourth-order valence-corrected chi connectivity index (χ4v) is 4.36. The number of fused-ring (bicyclic) bond motifs is 1. The van der Waals surface area contributed by atoms with Crippen molar-refractivity contribution >= 4 is 5.78 Å². The predicted molar refractivity (Wildman–Crippen MR) is 92.8 cm³/mol. The maximum Gasteiger partial charge on any atom is 0.164 e. The van der Waals surface area contributed by atoms with Crippen molar-refractivity contribution in [1.82, 2.24) is 5.32 Å². The second-order valence-corrected chi connectivity index (χ2v) is 7.37. The lowest BCUT2D eigenvalue weighted by atomic mass is 9.71. The highest BCUT2D eigenvalue weighted by Gasteiger charge is 2.44. The topological polar surface area (TPSA) is 47.6 Å². The molecule has 2 aliphatic carbocycles. The van der Waals surface area contributed by atoms with E-state index >= 15 is 0 Å². The lowest BCUT2D eigenvalue weighted by Gasteiger charge is -2.35. The fraction of sp³-hybridized carbons (Fsp3) is 0.550. The Hall–Kier alpha value is -1.81. The number of carbonyl (C=O) groups excluding carboxylic acids is 1. The highest BCUT2D eigenvalue weighted by Crippen LogP contribution is 2.49. The van der Waals surface area contributed by atoms with Gasteiger partial charge in [-0.15, -0.1) is 0 Å². The molecule has 0 amide bonds. The van der Waals surface area contributed by atoms with Gasteiger partial charge in [-0.25, -0.2) is 0 Å². The van der Waals surface area contributed by atoms with E-state index in [1.807, 2.05) is 0 Å². The zero-order valence-electron chi connectivity index (χ0n) is 14.4. The Morgan fingerprint density at radius 3 is 2.79 bits per heavy atom. The van der Waals surface area contributed by atoms with E-state index in [1.165, 1.54) is 24.0 Å². The van der Waals surface area contributed by atoms with Gasteiger partial charge in [-0.3, -0.25) is 4.79 Å². The Kier molecular flexibility index (Phi) is 3.87. The molecule has 0 spiro atoms. The minimum atomic E-state index is 0.0499. The third-order valence-electron chi connectivity index (χ3n) is 5.80. The molecule has 128 valence electrons. The van der Waals surface area contributed by atoms with Crippen molar-refractivity contribution in [1.29, 1.82) is 0 Å². The molecule has 1 N–H and O–H groups in total. The highest BCUT2D eigenvalue weighted by atomic mass is 16.5. The lowest BCUT2D eigenvalue weighted by Crippen LogP contribution is -2.41. The van der Waals surface area contributed by atoms with Gasteiger partial charge in [-0.1, -0.05) is 12.1 Å². The molecule has 4 heteroatoms. The fourth-order valence-electron chi connectivity index (χ4n) is 4.36. The van der Waals surface area contributed by atoms with E-state index in [2.05, 4.69) is 23.5 Å². The smallest absolute Gasteiger partial charge is 0.164 e. The van der Waals surface area contributed by atoms with Crippen LogP contribution in [-0.2, 0) is 11.2 Å². The van der Waals surface area contributed by atoms with E-state index < -0.39 is 0 Å². The Morgan fingerprint density at radius 1 is 1.25 bits per heavy atom. The molecular formula is C20H25NO3. The Morgan fingerprint density at radius 2 is 2.08 bits per heavy atom. The summed E-state index contributed by atoms with van der Waals surface area (Å²) in [5, 5.41) is 3.52. The number of methoxy groups -OCH3 is 2. The first-order chi connectivity index (χ1) is 11.6. The number of benzene rings is 1. The number of ketones is 1. The van der Waals surface area contributed by atoms with Crippen molar-refractivity contribution in [2.24, 2.45) is 5.41 Å². The maximum absolute atomic E-state index is 11.8. The predicted octanol–water partition coefficient (Wildman–Crippen LogP) is 3.00. The third kappa shape index (κ3) is 2.63. The molecule has 4 rings (SSSR count). The van der Waals surface area contributed by atoms with Crippen LogP contribution in [0, 0.1) is 5.41 Å². The highest BCUT2D eigenvalue weighted by molar-refractivity contribution is 5.91. The molecule has 0 bridgehead atoms. The monoisotopic (exact) mass is 327 g/mol. The summed E-state index contributed by atoms with van der Waals surface area (Å²) in [4.78, 5) is 11.8. The van der Waals surface area contributed by atoms with Gasteiger partial charge in [-0.2, -0.15) is 0 Å². The van der Waals surface area contributed by atoms with Crippen LogP contribution >= 0.6 is 0 Å². The number of hydrogen-bond donors (Lipinski definition) is 1. The summed E-state index contributed by atoms with van der Waals surface area (Å²) in [6.45, 7) is 0.977. The van der Waals surface area contributed by atoms with Crippen LogP contribution in [0.5, 0.6) is 11.5 Å². The molecule has 0 aromatic heterocycles. The molecule has 0 radical (unpaired) electrons. The normalized spacial score (nSPS) is 28.8. The van der Waals surface area contributed by atoms with Crippen LogP contribution in [0.25, 0.3) is 0 Å². The van der Waals surface area contributed by atoms with Crippen LogP contribution < -0.4 is 14.8 Å². The van der Waals surface area contributed by atoms with Gasteiger partial charge in [0.25, 0.3) is 0 Å². The van der Waals surface area contributed by atoms with Crippen molar-refractivity contribution in [2.75, 3.05) is 20.8 Å². The van der Waals surface area contributed by atoms with Crippen LogP contribution in [0.4, 0.5) is 0 Å². The maximum atomic E-state index is 11.8. The van der Waals surface area contributed by atoms with Crippen molar-refractivity contribution in [3.05, 3.63) is 35.4 Å². The molecule has 3 aliphatic rings. The van der Waals surface area contributed by atoms with Crippen LogP contribution in [0.1, 0.15) is 42.7 Å². The molecule has 1 aromatic carbocycles. The van der Waals surface area contributed by atoms with Crippen LogP contribution in [0.15, 0.2) is 24.3 Å². The quantitative estimate of drug-likeness (QED) is 0.903. The van der Waals surface area contributed by atoms with E-state index in [4.69, 9.17) is 9.47 Å². The molecule has 24 heavy (non-hydrogen) atoms. The van der Waals surface area contributed by atoms with E-state index in [9.17, 15) is 4.79 Å². The summed E-state index contributed by atoms with van der Waals surface area (Å²) < 4.78 is 11.2. The molecule has 1 saturated heterocycles. The molecule has 1 aliphatic heterocycles. The molecule has 1 saturated carbocycles. The summed E-state index contributed by atoms with van der Waals surface area (Å²) in [6.07, 6.45) is 9.02.